The first-order chi connectivity index (χ1) is 4.79. The van der Waals surface area contributed by atoms with Gasteiger partial charge in [-0.1, -0.05) is 13.8 Å². The molecule has 0 aromatic carbocycles. The van der Waals surface area contributed by atoms with Crippen LogP contribution in [0.15, 0.2) is 0 Å². The minimum atomic E-state index is -0.130. The van der Waals surface area contributed by atoms with Crippen molar-refractivity contribution in [2.75, 3.05) is 19.6 Å². The average molecular weight is 147 g/mol. The maximum atomic E-state index is 5.39. The van der Waals surface area contributed by atoms with E-state index in [2.05, 4.69) is 9.74 Å². The van der Waals surface area contributed by atoms with Crippen LogP contribution in [0.4, 0.5) is 0 Å². The monoisotopic (exact) mass is 147 g/mol. The number of hydrogen-bond acceptors (Lipinski definition) is 4. The Kier molecular flexibility index (Phi) is 5.52. The quantitative estimate of drug-likeness (QED) is 0.406. The molecule has 0 aromatic heterocycles. The van der Waals surface area contributed by atoms with Gasteiger partial charge in [-0.05, 0) is 13.1 Å². The molecule has 0 heterocycles. The summed E-state index contributed by atoms with van der Waals surface area (Å²) in [7, 11) is 0. The van der Waals surface area contributed by atoms with Crippen molar-refractivity contribution in [3.05, 3.63) is 0 Å². The van der Waals surface area contributed by atoms with Gasteiger partial charge in [0.05, 0.1) is 0 Å². The molecule has 0 aliphatic heterocycles. The number of nitrogens with two attached hydrogens (primary N) is 2. The van der Waals surface area contributed by atoms with Crippen LogP contribution in [0.1, 0.15) is 13.8 Å². The maximum absolute atomic E-state index is 5.39. The van der Waals surface area contributed by atoms with E-state index in [1.54, 1.807) is 0 Å². The molecule has 0 aromatic rings. The van der Waals surface area contributed by atoms with Crippen LogP contribution < -0.4 is 11.6 Å². The predicted molar refractivity (Wildman–Crippen MR) is 41.0 cm³/mol. The summed E-state index contributed by atoms with van der Waals surface area (Å²) in [5.41, 5.74) is 5.39. The largest absolute Gasteiger partial charge is 0.327 e. The van der Waals surface area contributed by atoms with Gasteiger partial charge in [0.15, 0.2) is 0 Å². The van der Waals surface area contributed by atoms with Crippen LogP contribution >= 0.6 is 0 Å². The fraction of sp³-hybridized carbons (Fsp3) is 1.00. The minimum absolute atomic E-state index is 0.130. The third kappa shape index (κ3) is 2.62. The van der Waals surface area contributed by atoms with Crippen LogP contribution in [-0.2, 0) is 4.84 Å². The smallest absolute Gasteiger partial charge is 0.144 e. The maximum Gasteiger partial charge on any atom is 0.144 e. The van der Waals surface area contributed by atoms with Crippen molar-refractivity contribution in [3.8, 4) is 0 Å². The van der Waals surface area contributed by atoms with E-state index in [1.165, 1.54) is 0 Å². The summed E-state index contributed by atoms with van der Waals surface area (Å²) in [5.74, 6) is 5.01. The minimum Gasteiger partial charge on any atom is -0.327 e. The van der Waals surface area contributed by atoms with Crippen molar-refractivity contribution in [3.63, 3.8) is 0 Å². The topological polar surface area (TPSA) is 64.5 Å². The third-order valence-corrected chi connectivity index (χ3v) is 1.58. The van der Waals surface area contributed by atoms with Gasteiger partial charge in [-0.3, -0.25) is 9.74 Å². The molecule has 10 heavy (non-hydrogen) atoms. The zero-order valence-corrected chi connectivity index (χ0v) is 6.71. The molecule has 0 aliphatic rings. The van der Waals surface area contributed by atoms with Crippen LogP contribution in [0.5, 0.6) is 0 Å². The third-order valence-electron chi connectivity index (χ3n) is 1.58. The molecule has 0 radical (unpaired) electrons. The fourth-order valence-electron chi connectivity index (χ4n) is 0.922. The first kappa shape index (κ1) is 9.84. The molecular formula is C6H17N3O. The van der Waals surface area contributed by atoms with E-state index in [0.717, 1.165) is 13.1 Å². The molecule has 62 valence electrons. The van der Waals surface area contributed by atoms with E-state index in [-0.39, 0.29) is 6.23 Å². The van der Waals surface area contributed by atoms with Gasteiger partial charge < -0.3 is 5.73 Å². The van der Waals surface area contributed by atoms with Gasteiger partial charge in [-0.2, -0.15) is 0 Å². The molecule has 0 bridgehead atoms. The van der Waals surface area contributed by atoms with Gasteiger partial charge in [-0.25, -0.2) is 5.90 Å². The van der Waals surface area contributed by atoms with Crippen molar-refractivity contribution in [2.24, 2.45) is 11.6 Å². The van der Waals surface area contributed by atoms with Crippen molar-refractivity contribution < 1.29 is 4.84 Å². The van der Waals surface area contributed by atoms with Crippen molar-refractivity contribution >= 4 is 0 Å². The Morgan fingerprint density at radius 3 is 2.00 bits per heavy atom. The summed E-state index contributed by atoms with van der Waals surface area (Å²) in [4.78, 5) is 6.70. The first-order valence-corrected chi connectivity index (χ1v) is 3.59. The molecule has 4 nitrogen and oxygen atoms in total. The summed E-state index contributed by atoms with van der Waals surface area (Å²) < 4.78 is 0. The summed E-state index contributed by atoms with van der Waals surface area (Å²) in [6.07, 6.45) is -0.130. The lowest BCUT2D eigenvalue weighted by Gasteiger charge is -2.25. The molecule has 0 spiro atoms. The molecule has 1 atom stereocenters. The van der Waals surface area contributed by atoms with Gasteiger partial charge in [-0.15, -0.1) is 0 Å². The standard InChI is InChI=1S/C6H17N3O/c1-3-9(4-2)6(5-7)10-8/h6H,3-5,7-8H2,1-2H3. The van der Waals surface area contributed by atoms with Crippen molar-refractivity contribution in [2.45, 2.75) is 20.1 Å². The predicted octanol–water partition coefficient (Wildman–Crippen LogP) is -0.497. The van der Waals surface area contributed by atoms with Crippen molar-refractivity contribution in [1.82, 2.24) is 4.90 Å². The Morgan fingerprint density at radius 1 is 1.40 bits per heavy atom. The van der Waals surface area contributed by atoms with Crippen molar-refractivity contribution in [1.29, 1.82) is 0 Å². The molecule has 0 aliphatic carbocycles. The van der Waals surface area contributed by atoms with Crippen LogP contribution in [0.25, 0.3) is 0 Å². The zero-order valence-electron chi connectivity index (χ0n) is 6.71. The lowest BCUT2D eigenvalue weighted by Crippen LogP contribution is -2.43. The Balaban J connectivity index is 3.70. The molecule has 1 unspecified atom stereocenters. The van der Waals surface area contributed by atoms with E-state index in [9.17, 15) is 0 Å². The number of nitrogens with zero attached hydrogens (tertiary/aromatic N) is 1. The summed E-state index contributed by atoms with van der Waals surface area (Å²) in [5, 5.41) is 0. The van der Waals surface area contributed by atoms with E-state index < -0.39 is 0 Å². The summed E-state index contributed by atoms with van der Waals surface area (Å²) in [6, 6.07) is 0. The molecule has 0 rings (SSSR count). The SMILES string of the molecule is CCN(CC)C(CN)ON. The van der Waals surface area contributed by atoms with Gasteiger partial charge in [0.2, 0.25) is 0 Å². The molecule has 0 saturated heterocycles. The van der Waals surface area contributed by atoms with Gasteiger partial charge in [0.1, 0.15) is 6.23 Å². The highest BCUT2D eigenvalue weighted by atomic mass is 16.6. The Morgan fingerprint density at radius 2 is 1.90 bits per heavy atom. The molecule has 4 heteroatoms. The second-order valence-corrected chi connectivity index (χ2v) is 2.05. The van der Waals surface area contributed by atoms with Crippen LogP contribution in [0, 0.1) is 0 Å². The second-order valence-electron chi connectivity index (χ2n) is 2.05. The lowest BCUT2D eigenvalue weighted by molar-refractivity contribution is -0.0507. The van der Waals surface area contributed by atoms with E-state index in [1.807, 2.05) is 13.8 Å². The van der Waals surface area contributed by atoms with E-state index in [0.29, 0.717) is 6.54 Å². The van der Waals surface area contributed by atoms with Crippen LogP contribution in [0.3, 0.4) is 0 Å². The number of hydrogen-bond donors (Lipinski definition) is 2. The van der Waals surface area contributed by atoms with Gasteiger partial charge in [0, 0.05) is 6.54 Å². The van der Waals surface area contributed by atoms with Crippen LogP contribution in [0.2, 0.25) is 0 Å². The van der Waals surface area contributed by atoms with E-state index in [4.69, 9.17) is 11.6 Å². The Hall–Kier alpha value is -0.160. The van der Waals surface area contributed by atoms with Gasteiger partial charge >= 0.3 is 0 Å². The summed E-state index contributed by atoms with van der Waals surface area (Å²) >= 11 is 0. The lowest BCUT2D eigenvalue weighted by atomic mass is 10.4. The molecule has 0 fully saturated rings. The zero-order chi connectivity index (χ0) is 7.98. The first-order valence-electron chi connectivity index (χ1n) is 3.59. The summed E-state index contributed by atoms with van der Waals surface area (Å²) in [6.45, 7) is 6.36. The Bertz CT molecular complexity index is 61.4. The highest BCUT2D eigenvalue weighted by Crippen LogP contribution is 1.95. The number of likely N-dealkylation sites (N-methyl/N-ethyl adjacent to an activating group) is 1. The molecular weight excluding hydrogens is 130 g/mol. The average Bonchev–Trinajstić information content (AvgIpc) is 2.00. The number of rotatable bonds is 5. The normalized spacial score (nSPS) is 14.1. The van der Waals surface area contributed by atoms with Crippen LogP contribution in [-0.4, -0.2) is 30.8 Å². The highest BCUT2D eigenvalue weighted by molar-refractivity contribution is 4.58. The Labute approximate surface area is 62.1 Å². The fourth-order valence-corrected chi connectivity index (χ4v) is 0.922. The molecule has 0 saturated carbocycles. The second kappa shape index (κ2) is 5.61. The highest BCUT2D eigenvalue weighted by Gasteiger charge is 2.11. The van der Waals surface area contributed by atoms with Gasteiger partial charge in [0.25, 0.3) is 0 Å². The molecule has 0 amide bonds. The van der Waals surface area contributed by atoms with E-state index >= 15 is 0 Å². The molecule has 4 N–H and O–H groups in total.